The van der Waals surface area contributed by atoms with Crippen LogP contribution in [-0.2, 0) is 0 Å². The first-order valence-corrected chi connectivity index (χ1v) is 3.62. The molecule has 0 spiro atoms. The third-order valence-electron chi connectivity index (χ3n) is 1.51. The lowest BCUT2D eigenvalue weighted by Gasteiger charge is -1.98. The van der Waals surface area contributed by atoms with E-state index in [0.29, 0.717) is 5.56 Å². The second-order valence-electron chi connectivity index (χ2n) is 2.40. The van der Waals surface area contributed by atoms with E-state index in [9.17, 15) is 10.1 Å². The largest absolute Gasteiger partial charge is 0.410 e. The van der Waals surface area contributed by atoms with Crippen molar-refractivity contribution in [2.24, 2.45) is 5.16 Å². The second-order valence-corrected chi connectivity index (χ2v) is 2.40. The van der Waals surface area contributed by atoms with Gasteiger partial charge in [-0.05, 0) is 0 Å². The van der Waals surface area contributed by atoms with Gasteiger partial charge in [0.15, 0.2) is 5.71 Å². The van der Waals surface area contributed by atoms with Crippen LogP contribution < -0.4 is 0 Å². The Kier molecular flexibility index (Phi) is 2.97. The third kappa shape index (κ3) is 2.55. The summed E-state index contributed by atoms with van der Waals surface area (Å²) in [7, 11) is 0. The molecule has 0 saturated heterocycles. The lowest BCUT2D eigenvalue weighted by atomic mass is 10.1. The van der Waals surface area contributed by atoms with Gasteiger partial charge in [-0.15, -0.1) is 0 Å². The van der Waals surface area contributed by atoms with Gasteiger partial charge < -0.3 is 5.21 Å². The molecule has 68 valence electrons. The highest BCUT2D eigenvalue weighted by molar-refractivity contribution is 6.00. The van der Waals surface area contributed by atoms with E-state index in [1.165, 1.54) is 0 Å². The second kappa shape index (κ2) is 4.20. The van der Waals surface area contributed by atoms with Gasteiger partial charge in [-0.1, -0.05) is 35.5 Å². The molecule has 1 rings (SSSR count). The predicted molar refractivity (Wildman–Crippen MR) is 46.6 cm³/mol. The summed E-state index contributed by atoms with van der Waals surface area (Å²) >= 11 is 0. The highest BCUT2D eigenvalue weighted by Crippen LogP contribution is 2.00. The van der Waals surface area contributed by atoms with Crippen LogP contribution in [0.15, 0.2) is 35.5 Å². The smallest absolute Gasteiger partial charge is 0.249 e. The Bertz CT molecular complexity index is 321. The van der Waals surface area contributed by atoms with E-state index in [0.717, 1.165) is 0 Å². The van der Waals surface area contributed by atoms with Crippen LogP contribution in [0, 0.1) is 10.1 Å². The van der Waals surface area contributed by atoms with E-state index in [1.807, 2.05) is 0 Å². The molecule has 0 saturated carbocycles. The lowest BCUT2D eigenvalue weighted by molar-refractivity contribution is -0.463. The van der Waals surface area contributed by atoms with Crippen LogP contribution in [-0.4, -0.2) is 22.4 Å². The third-order valence-corrected chi connectivity index (χ3v) is 1.51. The molecule has 0 amide bonds. The van der Waals surface area contributed by atoms with Gasteiger partial charge in [0.25, 0.3) is 0 Å². The SMILES string of the molecule is O=[N+]([O-])CC(=NO)c1ccccc1. The van der Waals surface area contributed by atoms with Crippen molar-refractivity contribution >= 4 is 5.71 Å². The van der Waals surface area contributed by atoms with Crippen molar-refractivity contribution in [1.82, 2.24) is 0 Å². The number of benzene rings is 1. The zero-order chi connectivity index (χ0) is 9.68. The average Bonchev–Trinajstić information content (AvgIpc) is 2.15. The highest BCUT2D eigenvalue weighted by Gasteiger charge is 2.09. The Hall–Kier alpha value is -1.91. The van der Waals surface area contributed by atoms with E-state index in [4.69, 9.17) is 5.21 Å². The number of rotatable bonds is 3. The van der Waals surface area contributed by atoms with Gasteiger partial charge in [-0.3, -0.25) is 10.1 Å². The molecule has 5 heteroatoms. The van der Waals surface area contributed by atoms with Gasteiger partial charge >= 0.3 is 0 Å². The molecule has 1 aromatic rings. The van der Waals surface area contributed by atoms with Crippen LogP contribution in [0.1, 0.15) is 5.56 Å². The quantitative estimate of drug-likeness (QED) is 0.328. The van der Waals surface area contributed by atoms with E-state index < -0.39 is 11.5 Å². The minimum Gasteiger partial charge on any atom is -0.410 e. The summed E-state index contributed by atoms with van der Waals surface area (Å²) in [5.41, 5.74) is 0.618. The molecule has 5 nitrogen and oxygen atoms in total. The van der Waals surface area contributed by atoms with Gasteiger partial charge in [0, 0.05) is 10.5 Å². The zero-order valence-corrected chi connectivity index (χ0v) is 6.75. The Morgan fingerprint density at radius 1 is 1.46 bits per heavy atom. The van der Waals surface area contributed by atoms with Crippen molar-refractivity contribution in [3.05, 3.63) is 46.0 Å². The van der Waals surface area contributed by atoms with Crippen LogP contribution in [0.4, 0.5) is 0 Å². The molecule has 0 aliphatic rings. The molecular formula is C8H8N2O3. The van der Waals surface area contributed by atoms with Crippen molar-refractivity contribution < 1.29 is 10.1 Å². The Balaban J connectivity index is 2.86. The molecule has 0 aromatic heterocycles. The van der Waals surface area contributed by atoms with Crippen LogP contribution in [0.25, 0.3) is 0 Å². The summed E-state index contributed by atoms with van der Waals surface area (Å²) in [6.07, 6.45) is 0. The first kappa shape index (κ1) is 9.18. The number of hydrogen-bond donors (Lipinski definition) is 1. The fourth-order valence-electron chi connectivity index (χ4n) is 0.933. The first-order chi connectivity index (χ1) is 6.24. The summed E-state index contributed by atoms with van der Waals surface area (Å²) in [5, 5.41) is 21.5. The van der Waals surface area contributed by atoms with Crippen molar-refractivity contribution in [3.63, 3.8) is 0 Å². The number of nitrogens with zero attached hydrogens (tertiary/aromatic N) is 2. The number of nitro groups is 1. The molecule has 13 heavy (non-hydrogen) atoms. The maximum atomic E-state index is 10.2. The Morgan fingerprint density at radius 2 is 2.08 bits per heavy atom. The van der Waals surface area contributed by atoms with Gasteiger partial charge in [0.05, 0.1) is 0 Å². The van der Waals surface area contributed by atoms with Crippen molar-refractivity contribution in [1.29, 1.82) is 0 Å². The maximum absolute atomic E-state index is 10.2. The van der Waals surface area contributed by atoms with Gasteiger partial charge in [-0.25, -0.2) is 0 Å². The molecule has 0 radical (unpaired) electrons. The minimum atomic E-state index is -0.540. The fraction of sp³-hybridized carbons (Fsp3) is 0.125. The van der Waals surface area contributed by atoms with Crippen molar-refractivity contribution in [3.8, 4) is 0 Å². The normalized spacial score (nSPS) is 11.2. The van der Waals surface area contributed by atoms with Gasteiger partial charge in [0.1, 0.15) is 0 Å². The molecule has 1 N–H and O–H groups in total. The van der Waals surface area contributed by atoms with Crippen LogP contribution >= 0.6 is 0 Å². The highest BCUT2D eigenvalue weighted by atomic mass is 16.6. The van der Waals surface area contributed by atoms with Gasteiger partial charge in [-0.2, -0.15) is 0 Å². The maximum Gasteiger partial charge on any atom is 0.249 e. The molecular weight excluding hydrogens is 172 g/mol. The summed E-state index contributed by atoms with van der Waals surface area (Å²) < 4.78 is 0. The minimum absolute atomic E-state index is 0.0607. The van der Waals surface area contributed by atoms with Crippen molar-refractivity contribution in [2.45, 2.75) is 0 Å². The van der Waals surface area contributed by atoms with Gasteiger partial charge in [0.2, 0.25) is 6.54 Å². The molecule has 0 unspecified atom stereocenters. The lowest BCUT2D eigenvalue weighted by Crippen LogP contribution is -2.14. The Labute approximate surface area is 74.5 Å². The molecule has 1 aromatic carbocycles. The topological polar surface area (TPSA) is 75.7 Å². The summed E-state index contributed by atoms with van der Waals surface area (Å²) in [6.45, 7) is -0.472. The molecule has 0 aliphatic carbocycles. The summed E-state index contributed by atoms with van der Waals surface area (Å²) in [6, 6.07) is 8.53. The molecule has 0 aliphatic heterocycles. The molecule has 0 heterocycles. The first-order valence-electron chi connectivity index (χ1n) is 3.62. The van der Waals surface area contributed by atoms with E-state index >= 15 is 0 Å². The standard InChI is InChI=1S/C8H8N2O3/c11-9-8(6-10(12)13)7-4-2-1-3-5-7/h1-5,11H,6H2. The van der Waals surface area contributed by atoms with E-state index in [2.05, 4.69) is 5.16 Å². The number of hydrogen-bond acceptors (Lipinski definition) is 4. The summed E-state index contributed by atoms with van der Waals surface area (Å²) in [5.74, 6) is 0. The fourth-order valence-corrected chi connectivity index (χ4v) is 0.933. The number of oxime groups is 1. The van der Waals surface area contributed by atoms with E-state index in [1.54, 1.807) is 30.3 Å². The predicted octanol–water partition coefficient (Wildman–Crippen LogP) is 1.14. The summed E-state index contributed by atoms with van der Waals surface area (Å²) in [4.78, 5) is 9.62. The van der Waals surface area contributed by atoms with Crippen LogP contribution in [0.5, 0.6) is 0 Å². The Morgan fingerprint density at radius 3 is 2.54 bits per heavy atom. The van der Waals surface area contributed by atoms with E-state index in [-0.39, 0.29) is 5.71 Å². The average molecular weight is 180 g/mol. The molecule has 0 fully saturated rings. The molecule has 0 bridgehead atoms. The van der Waals surface area contributed by atoms with Crippen LogP contribution in [0.3, 0.4) is 0 Å². The monoisotopic (exact) mass is 180 g/mol. The van der Waals surface area contributed by atoms with Crippen LogP contribution in [0.2, 0.25) is 0 Å². The van der Waals surface area contributed by atoms with Crippen molar-refractivity contribution in [2.75, 3.05) is 6.54 Å². The zero-order valence-electron chi connectivity index (χ0n) is 6.75. The molecule has 0 atom stereocenters.